The van der Waals surface area contributed by atoms with Gasteiger partial charge in [0.1, 0.15) is 12.4 Å². The molecule has 2 aromatic rings. The summed E-state index contributed by atoms with van der Waals surface area (Å²) in [6.07, 6.45) is 0.499. The van der Waals surface area contributed by atoms with E-state index in [1.807, 2.05) is 60.4 Å². The first-order valence-corrected chi connectivity index (χ1v) is 9.78. The maximum absolute atomic E-state index is 12.6. The zero-order valence-corrected chi connectivity index (χ0v) is 16.1. The standard InChI is InChI=1S/C22H25N3O3/c1-2-22(27)25-11-10-24-14-21(26)23-19-12-17(16-6-4-3-5-7-16)8-9-20(19)28-15-18(24)13-25/h3-9,12,18H,2,10-11,13-15H2,1H3,(H,23,26)/t18-/m0/s1. The van der Waals surface area contributed by atoms with Crippen LogP contribution < -0.4 is 10.1 Å². The summed E-state index contributed by atoms with van der Waals surface area (Å²) in [4.78, 5) is 28.7. The Labute approximate surface area is 165 Å². The van der Waals surface area contributed by atoms with E-state index in [1.165, 1.54) is 0 Å². The van der Waals surface area contributed by atoms with Gasteiger partial charge in [0.05, 0.1) is 18.3 Å². The van der Waals surface area contributed by atoms with Crippen LogP contribution in [0.5, 0.6) is 5.75 Å². The van der Waals surface area contributed by atoms with Gasteiger partial charge in [-0.15, -0.1) is 0 Å². The van der Waals surface area contributed by atoms with Crippen LogP contribution in [0.1, 0.15) is 13.3 Å². The van der Waals surface area contributed by atoms with Crippen molar-refractivity contribution in [3.05, 3.63) is 48.5 Å². The number of ether oxygens (including phenoxy) is 1. The Morgan fingerprint density at radius 1 is 1.14 bits per heavy atom. The van der Waals surface area contributed by atoms with Crippen LogP contribution in [0.25, 0.3) is 11.1 Å². The topological polar surface area (TPSA) is 61.9 Å². The summed E-state index contributed by atoms with van der Waals surface area (Å²) in [7, 11) is 0. The zero-order valence-electron chi connectivity index (χ0n) is 16.1. The molecule has 2 amide bonds. The summed E-state index contributed by atoms with van der Waals surface area (Å²) >= 11 is 0. The molecule has 0 saturated carbocycles. The second kappa shape index (κ2) is 8.02. The van der Waals surface area contributed by atoms with E-state index in [0.29, 0.717) is 50.6 Å². The van der Waals surface area contributed by atoms with Gasteiger partial charge in [-0.1, -0.05) is 43.3 Å². The molecule has 0 bridgehead atoms. The molecular formula is C22H25N3O3. The number of carbonyl (C=O) groups excluding carboxylic acids is 2. The predicted octanol–water partition coefficient (Wildman–Crippen LogP) is 2.61. The van der Waals surface area contributed by atoms with Gasteiger partial charge in [-0.3, -0.25) is 14.5 Å². The maximum Gasteiger partial charge on any atom is 0.238 e. The van der Waals surface area contributed by atoms with Crippen molar-refractivity contribution in [2.24, 2.45) is 0 Å². The number of rotatable bonds is 2. The monoisotopic (exact) mass is 379 g/mol. The number of piperazine rings is 1. The Bertz CT molecular complexity index is 869. The van der Waals surface area contributed by atoms with Gasteiger partial charge in [0.25, 0.3) is 0 Å². The third-order valence-electron chi connectivity index (χ3n) is 5.40. The van der Waals surface area contributed by atoms with Crippen molar-refractivity contribution < 1.29 is 14.3 Å². The summed E-state index contributed by atoms with van der Waals surface area (Å²) in [5.74, 6) is 0.753. The molecule has 146 valence electrons. The molecule has 1 atom stereocenters. The van der Waals surface area contributed by atoms with E-state index >= 15 is 0 Å². The summed E-state index contributed by atoms with van der Waals surface area (Å²) in [5.41, 5.74) is 2.80. The molecule has 2 aliphatic rings. The van der Waals surface area contributed by atoms with Gasteiger partial charge in [0.2, 0.25) is 11.8 Å². The molecule has 4 rings (SSSR count). The van der Waals surface area contributed by atoms with Gasteiger partial charge in [0.15, 0.2) is 0 Å². The van der Waals surface area contributed by atoms with Crippen molar-refractivity contribution in [2.75, 3.05) is 38.1 Å². The highest BCUT2D eigenvalue weighted by molar-refractivity contribution is 5.94. The average Bonchev–Trinajstić information content (AvgIpc) is 2.79. The maximum atomic E-state index is 12.6. The number of benzene rings is 2. The van der Waals surface area contributed by atoms with E-state index in [1.54, 1.807) is 0 Å². The number of carbonyl (C=O) groups is 2. The van der Waals surface area contributed by atoms with Crippen LogP contribution in [-0.4, -0.2) is 60.4 Å². The summed E-state index contributed by atoms with van der Waals surface area (Å²) in [6, 6.07) is 15.9. The average molecular weight is 379 g/mol. The number of nitrogens with zero attached hydrogens (tertiary/aromatic N) is 2. The van der Waals surface area contributed by atoms with E-state index in [0.717, 1.165) is 11.1 Å². The molecule has 0 spiro atoms. The molecule has 6 nitrogen and oxygen atoms in total. The van der Waals surface area contributed by atoms with Crippen LogP contribution in [0.15, 0.2) is 48.5 Å². The Morgan fingerprint density at radius 3 is 2.75 bits per heavy atom. The van der Waals surface area contributed by atoms with Crippen LogP contribution in [0, 0.1) is 0 Å². The quantitative estimate of drug-likeness (QED) is 0.871. The van der Waals surface area contributed by atoms with Crippen molar-refractivity contribution in [1.29, 1.82) is 0 Å². The number of nitrogens with one attached hydrogen (secondary N) is 1. The third-order valence-corrected chi connectivity index (χ3v) is 5.40. The molecule has 6 heteroatoms. The summed E-state index contributed by atoms with van der Waals surface area (Å²) in [6.45, 7) is 4.55. The lowest BCUT2D eigenvalue weighted by molar-refractivity contribution is -0.134. The van der Waals surface area contributed by atoms with Gasteiger partial charge in [0, 0.05) is 26.1 Å². The molecule has 1 N–H and O–H groups in total. The van der Waals surface area contributed by atoms with Crippen molar-refractivity contribution in [3.63, 3.8) is 0 Å². The van der Waals surface area contributed by atoms with E-state index < -0.39 is 0 Å². The minimum atomic E-state index is -0.0581. The number of hydrogen-bond acceptors (Lipinski definition) is 4. The largest absolute Gasteiger partial charge is 0.490 e. The molecule has 0 aromatic heterocycles. The fraction of sp³-hybridized carbons (Fsp3) is 0.364. The van der Waals surface area contributed by atoms with Crippen molar-refractivity contribution in [3.8, 4) is 16.9 Å². The highest BCUT2D eigenvalue weighted by Crippen LogP contribution is 2.32. The minimum absolute atomic E-state index is 0.00903. The highest BCUT2D eigenvalue weighted by Gasteiger charge is 2.32. The second-order valence-corrected chi connectivity index (χ2v) is 7.25. The SMILES string of the molecule is CCC(=O)N1CCN2CC(=O)Nc3cc(-c4ccccc4)ccc3OC[C@@H]2C1. The van der Waals surface area contributed by atoms with Crippen LogP contribution in [-0.2, 0) is 9.59 Å². The van der Waals surface area contributed by atoms with E-state index in [4.69, 9.17) is 4.74 Å². The van der Waals surface area contributed by atoms with Crippen molar-refractivity contribution in [2.45, 2.75) is 19.4 Å². The number of fused-ring (bicyclic) bond motifs is 2. The van der Waals surface area contributed by atoms with E-state index in [2.05, 4.69) is 10.2 Å². The summed E-state index contributed by atoms with van der Waals surface area (Å²) < 4.78 is 6.08. The Balaban J connectivity index is 1.58. The molecule has 0 radical (unpaired) electrons. The minimum Gasteiger partial charge on any atom is -0.490 e. The van der Waals surface area contributed by atoms with Gasteiger partial charge in [-0.2, -0.15) is 0 Å². The van der Waals surface area contributed by atoms with Crippen LogP contribution in [0.4, 0.5) is 5.69 Å². The number of hydrogen-bond donors (Lipinski definition) is 1. The molecular weight excluding hydrogens is 354 g/mol. The smallest absolute Gasteiger partial charge is 0.238 e. The number of amides is 2. The Morgan fingerprint density at radius 2 is 1.96 bits per heavy atom. The molecule has 28 heavy (non-hydrogen) atoms. The van der Waals surface area contributed by atoms with Crippen LogP contribution in [0.3, 0.4) is 0 Å². The fourth-order valence-corrected chi connectivity index (χ4v) is 3.83. The molecule has 1 saturated heterocycles. The van der Waals surface area contributed by atoms with Gasteiger partial charge in [-0.25, -0.2) is 0 Å². The van der Waals surface area contributed by atoms with Crippen molar-refractivity contribution in [1.82, 2.24) is 9.80 Å². The molecule has 0 aliphatic carbocycles. The van der Waals surface area contributed by atoms with Crippen LogP contribution in [0.2, 0.25) is 0 Å². The third kappa shape index (κ3) is 3.87. The lowest BCUT2D eigenvalue weighted by atomic mass is 10.0. The molecule has 2 aromatic carbocycles. The molecule has 2 aliphatic heterocycles. The first-order chi connectivity index (χ1) is 13.6. The summed E-state index contributed by atoms with van der Waals surface area (Å²) in [5, 5.41) is 3.00. The van der Waals surface area contributed by atoms with E-state index in [9.17, 15) is 9.59 Å². The predicted molar refractivity (Wildman–Crippen MR) is 108 cm³/mol. The molecule has 0 unspecified atom stereocenters. The van der Waals surface area contributed by atoms with Gasteiger partial charge < -0.3 is 15.0 Å². The highest BCUT2D eigenvalue weighted by atomic mass is 16.5. The molecule has 1 fully saturated rings. The Kier molecular flexibility index (Phi) is 5.30. The van der Waals surface area contributed by atoms with Crippen LogP contribution >= 0.6 is 0 Å². The Hall–Kier alpha value is -2.86. The van der Waals surface area contributed by atoms with Crippen molar-refractivity contribution >= 4 is 17.5 Å². The van der Waals surface area contributed by atoms with Gasteiger partial charge in [-0.05, 0) is 23.3 Å². The fourth-order valence-electron chi connectivity index (χ4n) is 3.83. The normalized spacial score (nSPS) is 20.0. The lowest BCUT2D eigenvalue weighted by Gasteiger charge is -2.40. The van der Waals surface area contributed by atoms with E-state index in [-0.39, 0.29) is 17.9 Å². The number of anilines is 1. The molecule has 2 heterocycles. The zero-order chi connectivity index (χ0) is 19.5. The first-order valence-electron chi connectivity index (χ1n) is 9.78. The first kappa shape index (κ1) is 18.5. The van der Waals surface area contributed by atoms with Gasteiger partial charge >= 0.3 is 0 Å². The lowest BCUT2D eigenvalue weighted by Crippen LogP contribution is -2.57. The second-order valence-electron chi connectivity index (χ2n) is 7.25.